The van der Waals surface area contributed by atoms with Gasteiger partial charge in [0.2, 0.25) is 5.91 Å². The van der Waals surface area contributed by atoms with E-state index in [1.165, 1.54) is 18.4 Å². The van der Waals surface area contributed by atoms with Crippen LogP contribution in [0.25, 0.3) is 0 Å². The molecule has 2 rings (SSSR count). The smallest absolute Gasteiger partial charge is 0.311 e. The number of amides is 1. The fraction of sp³-hybridized carbons (Fsp3) is 0.538. The van der Waals surface area contributed by atoms with E-state index < -0.39 is 23.8 Å². The van der Waals surface area contributed by atoms with Crippen molar-refractivity contribution in [3.8, 4) is 0 Å². The molecule has 0 aliphatic heterocycles. The predicted molar refractivity (Wildman–Crippen MR) is 75.1 cm³/mol. The Morgan fingerprint density at radius 3 is 2.57 bits per heavy atom. The lowest BCUT2D eigenvalue weighted by atomic mass is 9.73. The first-order chi connectivity index (χ1) is 9.92. The van der Waals surface area contributed by atoms with Crippen LogP contribution in [-0.4, -0.2) is 35.0 Å². The summed E-state index contributed by atoms with van der Waals surface area (Å²) in [6, 6.07) is 0. The highest BCUT2D eigenvalue weighted by molar-refractivity contribution is 7.15. The summed E-state index contributed by atoms with van der Waals surface area (Å²) in [5.41, 5.74) is 0.561. The number of nitrogens with zero attached hydrogens (tertiary/aromatic N) is 1. The Bertz CT molecular complexity index is 583. The first kappa shape index (κ1) is 15.4. The Hall–Kier alpha value is -1.96. The molecule has 0 radical (unpaired) electrons. The third-order valence-corrected chi connectivity index (χ3v) is 4.52. The largest absolute Gasteiger partial charge is 0.481 e. The number of rotatable bonds is 5. The molecule has 0 saturated heterocycles. The van der Waals surface area contributed by atoms with Crippen molar-refractivity contribution in [2.75, 3.05) is 12.4 Å². The quantitative estimate of drug-likeness (QED) is 0.792. The lowest BCUT2D eigenvalue weighted by Crippen LogP contribution is -2.41. The zero-order valence-electron chi connectivity index (χ0n) is 11.7. The summed E-state index contributed by atoms with van der Waals surface area (Å²) in [6.07, 6.45) is 1.15. The minimum atomic E-state index is -0.942. The van der Waals surface area contributed by atoms with Gasteiger partial charge in [0.25, 0.3) is 0 Å². The molecule has 1 fully saturated rings. The van der Waals surface area contributed by atoms with Gasteiger partial charge in [-0.3, -0.25) is 14.4 Å². The van der Waals surface area contributed by atoms with Gasteiger partial charge in [0.1, 0.15) is 0 Å². The number of thiazole rings is 1. The molecule has 1 aromatic heterocycles. The van der Waals surface area contributed by atoms with Gasteiger partial charge in [-0.1, -0.05) is 0 Å². The predicted octanol–water partition coefficient (Wildman–Crippen LogP) is 1.22. The number of aryl methyl sites for hydroxylation is 1. The lowest BCUT2D eigenvalue weighted by Gasteiger charge is -2.31. The van der Waals surface area contributed by atoms with Crippen molar-refractivity contribution in [3.05, 3.63) is 10.6 Å². The molecular formula is C13H16N2O5S. The Kier molecular flexibility index (Phi) is 4.56. The van der Waals surface area contributed by atoms with Crippen LogP contribution in [0.2, 0.25) is 0 Å². The molecule has 0 spiro atoms. The molecule has 2 atom stereocenters. The lowest BCUT2D eigenvalue weighted by molar-refractivity contribution is -0.151. The number of anilines is 1. The molecular weight excluding hydrogens is 296 g/mol. The molecule has 0 unspecified atom stereocenters. The maximum absolute atomic E-state index is 12.0. The van der Waals surface area contributed by atoms with E-state index in [4.69, 9.17) is 5.11 Å². The van der Waals surface area contributed by atoms with E-state index in [0.717, 1.165) is 4.88 Å². The number of aromatic nitrogens is 1. The van der Waals surface area contributed by atoms with Crippen molar-refractivity contribution in [1.82, 2.24) is 4.98 Å². The molecule has 0 bridgehead atoms. The van der Waals surface area contributed by atoms with Crippen LogP contribution in [0.1, 0.15) is 23.4 Å². The second-order valence-electron chi connectivity index (χ2n) is 4.89. The fourth-order valence-electron chi connectivity index (χ4n) is 2.16. The molecule has 1 heterocycles. The SMILES string of the molecule is COC(=O)Cc1nc(NC(=O)[C@@H]2CC[C@@H]2C(=O)O)sc1C. The fourth-order valence-corrected chi connectivity index (χ4v) is 2.99. The number of hydrogen-bond donors (Lipinski definition) is 2. The molecule has 1 aliphatic rings. The Morgan fingerprint density at radius 1 is 1.38 bits per heavy atom. The number of methoxy groups -OCH3 is 1. The molecule has 1 amide bonds. The molecule has 21 heavy (non-hydrogen) atoms. The van der Waals surface area contributed by atoms with Crippen LogP contribution >= 0.6 is 11.3 Å². The van der Waals surface area contributed by atoms with Crippen LogP contribution in [-0.2, 0) is 25.5 Å². The van der Waals surface area contributed by atoms with Crippen molar-refractivity contribution in [2.45, 2.75) is 26.2 Å². The Morgan fingerprint density at radius 2 is 2.05 bits per heavy atom. The van der Waals surface area contributed by atoms with Crippen LogP contribution in [0.5, 0.6) is 0 Å². The molecule has 1 aromatic rings. The molecule has 1 saturated carbocycles. The van der Waals surface area contributed by atoms with Gasteiger partial charge in [0.15, 0.2) is 5.13 Å². The molecule has 8 heteroatoms. The normalized spacial score (nSPS) is 20.5. The van der Waals surface area contributed by atoms with Crippen molar-refractivity contribution in [2.24, 2.45) is 11.8 Å². The van der Waals surface area contributed by atoms with Crippen LogP contribution in [0.3, 0.4) is 0 Å². The van der Waals surface area contributed by atoms with E-state index in [1.54, 1.807) is 6.92 Å². The zero-order chi connectivity index (χ0) is 15.6. The second kappa shape index (κ2) is 6.21. The van der Waals surface area contributed by atoms with E-state index in [0.29, 0.717) is 23.7 Å². The number of aliphatic carboxylic acids is 1. The first-order valence-corrected chi connectivity index (χ1v) is 7.30. The number of carbonyl (C=O) groups excluding carboxylic acids is 2. The number of ether oxygens (including phenoxy) is 1. The average molecular weight is 312 g/mol. The summed E-state index contributed by atoms with van der Waals surface area (Å²) in [5, 5.41) is 12.0. The third-order valence-electron chi connectivity index (χ3n) is 3.59. The van der Waals surface area contributed by atoms with Crippen LogP contribution in [0.15, 0.2) is 0 Å². The number of carboxylic acid groups (broad SMARTS) is 1. The highest BCUT2D eigenvalue weighted by Gasteiger charge is 2.41. The maximum Gasteiger partial charge on any atom is 0.311 e. The second-order valence-corrected chi connectivity index (χ2v) is 6.10. The van der Waals surface area contributed by atoms with Crippen LogP contribution < -0.4 is 5.32 Å². The zero-order valence-corrected chi connectivity index (χ0v) is 12.5. The minimum absolute atomic E-state index is 0.0515. The number of carbonyl (C=O) groups is 3. The Balaban J connectivity index is 2.00. The highest BCUT2D eigenvalue weighted by atomic mass is 32.1. The monoisotopic (exact) mass is 312 g/mol. The van der Waals surface area contributed by atoms with E-state index in [9.17, 15) is 14.4 Å². The first-order valence-electron chi connectivity index (χ1n) is 6.49. The number of nitrogens with one attached hydrogen (secondary N) is 1. The molecule has 2 N–H and O–H groups in total. The van der Waals surface area contributed by atoms with Crippen molar-refractivity contribution >= 4 is 34.3 Å². The molecule has 1 aliphatic carbocycles. The van der Waals surface area contributed by atoms with Gasteiger partial charge < -0.3 is 15.2 Å². The van der Waals surface area contributed by atoms with Crippen molar-refractivity contribution in [3.63, 3.8) is 0 Å². The Labute approximate surface area is 125 Å². The number of hydrogen-bond acceptors (Lipinski definition) is 6. The van der Waals surface area contributed by atoms with Crippen molar-refractivity contribution < 1.29 is 24.2 Å². The number of carboxylic acids is 1. The van der Waals surface area contributed by atoms with Crippen LogP contribution in [0.4, 0.5) is 5.13 Å². The van der Waals surface area contributed by atoms with Crippen LogP contribution in [0, 0.1) is 18.8 Å². The molecule has 7 nitrogen and oxygen atoms in total. The average Bonchev–Trinajstić information content (AvgIpc) is 2.66. The van der Waals surface area contributed by atoms with Gasteiger partial charge in [-0.25, -0.2) is 4.98 Å². The number of esters is 1. The van der Waals surface area contributed by atoms with E-state index in [2.05, 4.69) is 15.0 Å². The standard InChI is InChI=1S/C13H16N2O5S/c1-6-9(5-10(16)20-2)14-13(21-6)15-11(17)7-3-4-8(7)12(18)19/h7-8H,3-5H2,1-2H3,(H,18,19)(H,14,15,17)/t7-,8+/m1/s1. The maximum atomic E-state index is 12.0. The molecule has 0 aromatic carbocycles. The van der Waals surface area contributed by atoms with E-state index >= 15 is 0 Å². The summed E-state index contributed by atoms with van der Waals surface area (Å²) in [4.78, 5) is 39.2. The van der Waals surface area contributed by atoms with Gasteiger partial charge in [-0.2, -0.15) is 0 Å². The topological polar surface area (TPSA) is 106 Å². The van der Waals surface area contributed by atoms with Gasteiger partial charge >= 0.3 is 11.9 Å². The van der Waals surface area contributed by atoms with E-state index in [-0.39, 0.29) is 12.3 Å². The summed E-state index contributed by atoms with van der Waals surface area (Å²) in [7, 11) is 1.30. The summed E-state index contributed by atoms with van der Waals surface area (Å²) >= 11 is 1.26. The summed E-state index contributed by atoms with van der Waals surface area (Å²) in [5.74, 6) is -2.78. The van der Waals surface area contributed by atoms with Gasteiger partial charge in [0.05, 0.1) is 31.1 Å². The van der Waals surface area contributed by atoms with Gasteiger partial charge in [-0.15, -0.1) is 11.3 Å². The van der Waals surface area contributed by atoms with Gasteiger partial charge in [0, 0.05) is 4.88 Å². The minimum Gasteiger partial charge on any atom is -0.481 e. The highest BCUT2D eigenvalue weighted by Crippen LogP contribution is 2.35. The molecule has 114 valence electrons. The van der Waals surface area contributed by atoms with E-state index in [1.807, 2.05) is 0 Å². The van der Waals surface area contributed by atoms with Crippen molar-refractivity contribution in [1.29, 1.82) is 0 Å². The summed E-state index contributed by atoms with van der Waals surface area (Å²) < 4.78 is 4.58. The third kappa shape index (κ3) is 3.38. The van der Waals surface area contributed by atoms with Gasteiger partial charge in [-0.05, 0) is 19.8 Å². The summed E-state index contributed by atoms with van der Waals surface area (Å²) in [6.45, 7) is 1.80.